The number of nitrogens with zero attached hydrogens (tertiary/aromatic N) is 2. The third kappa shape index (κ3) is 1.44. The highest BCUT2D eigenvalue weighted by atomic mass is 32.2. The highest BCUT2D eigenvalue weighted by molar-refractivity contribution is 7.81. The molecule has 0 aliphatic heterocycles. The van der Waals surface area contributed by atoms with Crippen molar-refractivity contribution in [1.29, 1.82) is 0 Å². The van der Waals surface area contributed by atoms with Crippen LogP contribution in [0.3, 0.4) is 0 Å². The lowest BCUT2D eigenvalue weighted by atomic mass is 11.3. The monoisotopic (exact) mass is 165 g/mol. The van der Waals surface area contributed by atoms with E-state index in [0.29, 0.717) is 0 Å². The zero-order valence-corrected chi connectivity index (χ0v) is 5.78. The summed E-state index contributed by atoms with van der Waals surface area (Å²) in [4.78, 5) is 0. The molecule has 0 saturated carbocycles. The Hall–Kier alpha value is -0.530. The first-order chi connectivity index (χ1) is 4.20. The van der Waals surface area contributed by atoms with Gasteiger partial charge in [-0.1, -0.05) is 11.3 Å². The molecule has 1 aromatic rings. The molecule has 0 aromatic carbocycles. The summed E-state index contributed by atoms with van der Waals surface area (Å²) in [6, 6.07) is 0. The summed E-state index contributed by atoms with van der Waals surface area (Å²) >= 11 is -1.14. The van der Waals surface area contributed by atoms with E-state index in [2.05, 4.69) is 10.2 Å². The Balaban J connectivity index is 2.98. The van der Waals surface area contributed by atoms with Crippen molar-refractivity contribution in [3.05, 3.63) is 0 Å². The third-order valence-corrected chi connectivity index (χ3v) is 2.18. The van der Waals surface area contributed by atoms with Gasteiger partial charge in [-0.3, -0.25) is 0 Å². The molecule has 0 fully saturated rings. The quantitative estimate of drug-likeness (QED) is 0.558. The molecule has 0 aliphatic carbocycles. The largest absolute Gasteiger partial charge is 0.374 e. The van der Waals surface area contributed by atoms with E-state index < -0.39 is 11.1 Å². The number of aromatic nitrogens is 2. The lowest BCUT2D eigenvalue weighted by Crippen LogP contribution is -1.85. The van der Waals surface area contributed by atoms with Gasteiger partial charge in [0.1, 0.15) is 0 Å². The van der Waals surface area contributed by atoms with Crippen LogP contribution in [0.4, 0.5) is 5.13 Å². The topological polar surface area (TPSA) is 89.1 Å². The minimum atomic E-state index is -2.04. The molecule has 1 aromatic heterocycles. The lowest BCUT2D eigenvalue weighted by Gasteiger charge is -1.77. The molecular formula is C2H3N3O2S2. The fraction of sp³-hybridized carbons (Fsp3) is 0. The van der Waals surface area contributed by atoms with E-state index in [1.54, 1.807) is 0 Å². The second kappa shape index (κ2) is 2.38. The average Bonchev–Trinajstić information content (AvgIpc) is 2.14. The molecule has 1 heterocycles. The number of rotatable bonds is 1. The zero-order valence-electron chi connectivity index (χ0n) is 4.14. The van der Waals surface area contributed by atoms with Gasteiger partial charge in [-0.05, 0) is 0 Å². The summed E-state index contributed by atoms with van der Waals surface area (Å²) in [5.74, 6) is 0. The third-order valence-electron chi connectivity index (χ3n) is 0.571. The highest BCUT2D eigenvalue weighted by Crippen LogP contribution is 2.12. The second-order valence-corrected chi connectivity index (χ2v) is 3.31. The fourth-order valence-electron chi connectivity index (χ4n) is 0.291. The van der Waals surface area contributed by atoms with Gasteiger partial charge in [-0.2, -0.15) is 0 Å². The molecule has 0 saturated heterocycles. The van der Waals surface area contributed by atoms with Crippen molar-refractivity contribution >= 4 is 27.5 Å². The standard InChI is InChI=1S/C2H3N3O2S2/c3-1-4-5-2(8-1)9(6)7/h(H2,3,4)(H,6,7). The van der Waals surface area contributed by atoms with E-state index in [-0.39, 0.29) is 9.47 Å². The van der Waals surface area contributed by atoms with E-state index >= 15 is 0 Å². The van der Waals surface area contributed by atoms with Crippen LogP contribution in [-0.4, -0.2) is 19.0 Å². The van der Waals surface area contributed by atoms with Crippen LogP contribution in [-0.2, 0) is 11.1 Å². The molecule has 5 nitrogen and oxygen atoms in total. The Kier molecular flexibility index (Phi) is 1.74. The first kappa shape index (κ1) is 6.59. The van der Waals surface area contributed by atoms with Crippen molar-refractivity contribution in [1.82, 2.24) is 10.2 Å². The highest BCUT2D eigenvalue weighted by Gasteiger charge is 2.04. The minimum Gasteiger partial charge on any atom is -0.374 e. The van der Waals surface area contributed by atoms with Crippen LogP contribution in [0.5, 0.6) is 0 Å². The average molecular weight is 165 g/mol. The minimum absolute atomic E-state index is 0.0347. The number of hydrogen-bond donors (Lipinski definition) is 2. The molecule has 0 amide bonds. The van der Waals surface area contributed by atoms with Crippen LogP contribution in [0.1, 0.15) is 0 Å². The summed E-state index contributed by atoms with van der Waals surface area (Å²) < 4.78 is 18.6. The van der Waals surface area contributed by atoms with Gasteiger partial charge in [0.15, 0.2) is 0 Å². The molecule has 50 valence electrons. The van der Waals surface area contributed by atoms with Crippen LogP contribution in [0.15, 0.2) is 4.34 Å². The van der Waals surface area contributed by atoms with Crippen molar-refractivity contribution in [2.24, 2.45) is 0 Å². The number of nitrogen functional groups attached to an aromatic ring is 1. The van der Waals surface area contributed by atoms with Gasteiger partial charge in [0, 0.05) is 0 Å². The molecule has 0 radical (unpaired) electrons. The first-order valence-corrected chi connectivity index (χ1v) is 3.82. The summed E-state index contributed by atoms with van der Waals surface area (Å²) in [5.41, 5.74) is 5.12. The molecule has 7 heteroatoms. The first-order valence-electron chi connectivity index (χ1n) is 1.90. The van der Waals surface area contributed by atoms with E-state index in [9.17, 15) is 4.21 Å². The Morgan fingerprint density at radius 3 is 2.56 bits per heavy atom. The van der Waals surface area contributed by atoms with Crippen LogP contribution < -0.4 is 5.73 Å². The Labute approximate surface area is 57.2 Å². The normalized spacial score (nSPS) is 13.4. The number of nitrogens with two attached hydrogens (primary N) is 1. The smallest absolute Gasteiger partial charge is 0.233 e. The predicted molar refractivity (Wildman–Crippen MR) is 33.4 cm³/mol. The van der Waals surface area contributed by atoms with Crippen molar-refractivity contribution < 1.29 is 8.76 Å². The molecule has 0 bridgehead atoms. The molecular weight excluding hydrogens is 162 g/mol. The zero-order chi connectivity index (χ0) is 6.85. The fourth-order valence-corrected chi connectivity index (χ4v) is 1.29. The van der Waals surface area contributed by atoms with Crippen LogP contribution >= 0.6 is 11.3 Å². The van der Waals surface area contributed by atoms with Gasteiger partial charge >= 0.3 is 0 Å². The van der Waals surface area contributed by atoms with E-state index in [1.165, 1.54) is 0 Å². The maximum Gasteiger partial charge on any atom is 0.233 e. The maximum atomic E-state index is 10.2. The van der Waals surface area contributed by atoms with Gasteiger partial charge in [0.2, 0.25) is 20.6 Å². The maximum absolute atomic E-state index is 10.2. The van der Waals surface area contributed by atoms with Gasteiger partial charge < -0.3 is 10.3 Å². The summed E-state index contributed by atoms with van der Waals surface area (Å²) in [5, 5.41) is 6.84. The lowest BCUT2D eigenvalue weighted by molar-refractivity contribution is 0.562. The van der Waals surface area contributed by atoms with E-state index in [4.69, 9.17) is 10.3 Å². The van der Waals surface area contributed by atoms with E-state index in [0.717, 1.165) is 11.3 Å². The summed E-state index contributed by atoms with van der Waals surface area (Å²) in [7, 11) is 0. The Morgan fingerprint density at radius 1 is 1.67 bits per heavy atom. The SMILES string of the molecule is Nc1nnc(S(=O)O)s1. The van der Waals surface area contributed by atoms with Crippen molar-refractivity contribution in [3.8, 4) is 0 Å². The van der Waals surface area contributed by atoms with Crippen LogP contribution in [0, 0.1) is 0 Å². The number of anilines is 1. The van der Waals surface area contributed by atoms with Gasteiger partial charge in [-0.15, -0.1) is 10.2 Å². The van der Waals surface area contributed by atoms with Crippen molar-refractivity contribution in [2.45, 2.75) is 4.34 Å². The van der Waals surface area contributed by atoms with Crippen LogP contribution in [0.25, 0.3) is 0 Å². The van der Waals surface area contributed by atoms with Crippen LogP contribution in [0.2, 0.25) is 0 Å². The molecule has 1 rings (SSSR count). The Bertz CT molecular complexity index is 233. The molecule has 0 aliphatic rings. The molecule has 3 N–H and O–H groups in total. The molecule has 1 atom stereocenters. The Morgan fingerprint density at radius 2 is 2.33 bits per heavy atom. The predicted octanol–water partition coefficient (Wildman–Crippen LogP) is -0.299. The molecule has 1 unspecified atom stereocenters. The summed E-state index contributed by atoms with van der Waals surface area (Å²) in [6.45, 7) is 0. The van der Waals surface area contributed by atoms with Crippen molar-refractivity contribution in [3.63, 3.8) is 0 Å². The van der Waals surface area contributed by atoms with Gasteiger partial charge in [-0.25, -0.2) is 4.21 Å². The van der Waals surface area contributed by atoms with Gasteiger partial charge in [0.05, 0.1) is 0 Å². The number of hydrogen-bond acceptors (Lipinski definition) is 5. The van der Waals surface area contributed by atoms with E-state index in [1.807, 2.05) is 0 Å². The van der Waals surface area contributed by atoms with Crippen molar-refractivity contribution in [2.75, 3.05) is 5.73 Å². The second-order valence-electron chi connectivity index (χ2n) is 1.16. The van der Waals surface area contributed by atoms with Gasteiger partial charge in [0.25, 0.3) is 0 Å². The molecule has 0 spiro atoms. The summed E-state index contributed by atoms with van der Waals surface area (Å²) in [6.07, 6.45) is 0. The molecule has 9 heavy (non-hydrogen) atoms.